The number of unbranched alkanes of at least 4 members (excludes halogenated alkanes) is 4. The topological polar surface area (TPSA) is 159 Å². The highest BCUT2D eigenvalue weighted by Crippen LogP contribution is 2.31. The molecule has 0 bridgehead atoms. The molecule has 45 heavy (non-hydrogen) atoms. The van der Waals surface area contributed by atoms with Gasteiger partial charge in [0.1, 0.15) is 11.6 Å². The Balaban J connectivity index is 1.79. The third-order valence-corrected chi connectivity index (χ3v) is 10.3. The number of ether oxygens (including phenoxy) is 1. The Kier molecular flexibility index (Phi) is 11.6. The van der Waals surface area contributed by atoms with E-state index in [9.17, 15) is 31.2 Å². The lowest BCUT2D eigenvalue weighted by Crippen LogP contribution is -2.43. The van der Waals surface area contributed by atoms with Crippen molar-refractivity contribution < 1.29 is 36.0 Å². The third-order valence-electron chi connectivity index (χ3n) is 7.26. The molecule has 1 aliphatic rings. The minimum atomic E-state index is -3.81. The summed E-state index contributed by atoms with van der Waals surface area (Å²) in [4.78, 5) is 40.3. The van der Waals surface area contributed by atoms with E-state index in [2.05, 4.69) is 17.6 Å². The Labute approximate surface area is 266 Å². The van der Waals surface area contributed by atoms with Crippen molar-refractivity contribution in [2.24, 2.45) is 0 Å². The fourth-order valence-corrected chi connectivity index (χ4v) is 6.68. The zero-order chi connectivity index (χ0) is 33.6. The van der Waals surface area contributed by atoms with Crippen LogP contribution in [-0.2, 0) is 29.4 Å². The molecule has 248 valence electrons. The third kappa shape index (κ3) is 9.92. The predicted octanol–water partition coefficient (Wildman–Crippen LogP) is 4.71. The summed E-state index contributed by atoms with van der Waals surface area (Å²) in [7, 11) is -5.97. The number of carbonyl (C=O) groups is 3. The molecule has 1 aliphatic heterocycles. The molecule has 1 heterocycles. The number of benzene rings is 2. The monoisotopic (exact) mass is 664 g/mol. The van der Waals surface area contributed by atoms with Gasteiger partial charge in [-0.3, -0.25) is 13.9 Å². The number of hydrogen-bond acceptors (Lipinski definition) is 8. The van der Waals surface area contributed by atoms with E-state index in [1.54, 1.807) is 20.8 Å². The average molecular weight is 665 g/mol. The predicted molar refractivity (Wildman–Crippen MR) is 175 cm³/mol. The van der Waals surface area contributed by atoms with Crippen LogP contribution in [0.15, 0.2) is 47.4 Å². The second kappa shape index (κ2) is 14.6. The maximum atomic E-state index is 13.4. The Hall–Kier alpha value is -3.65. The summed E-state index contributed by atoms with van der Waals surface area (Å²) in [5, 5.41) is 5.27. The molecule has 0 aromatic heterocycles. The average Bonchev–Trinajstić information content (AvgIpc) is 3.30. The smallest absolute Gasteiger partial charge is 0.408 e. The summed E-state index contributed by atoms with van der Waals surface area (Å²) in [6.45, 7) is 7.48. The van der Waals surface area contributed by atoms with Crippen LogP contribution in [0.25, 0.3) is 0 Å². The van der Waals surface area contributed by atoms with Gasteiger partial charge in [0.25, 0.3) is 5.91 Å². The van der Waals surface area contributed by atoms with Crippen molar-refractivity contribution in [1.29, 1.82) is 0 Å². The molecular weight excluding hydrogens is 620 g/mol. The van der Waals surface area contributed by atoms with Gasteiger partial charge in [0.05, 0.1) is 28.2 Å². The van der Waals surface area contributed by atoms with Crippen molar-refractivity contribution in [2.45, 2.75) is 82.8 Å². The summed E-state index contributed by atoms with van der Waals surface area (Å²) in [6.07, 6.45) is 5.15. The fraction of sp³-hybridized carbons (Fsp3) is 0.516. The molecule has 1 atom stereocenters. The van der Waals surface area contributed by atoms with Gasteiger partial charge in [-0.2, -0.15) is 0 Å². The first-order chi connectivity index (χ1) is 20.9. The van der Waals surface area contributed by atoms with Crippen LogP contribution in [0.2, 0.25) is 0 Å². The first-order valence-corrected chi connectivity index (χ1v) is 18.5. The van der Waals surface area contributed by atoms with Crippen molar-refractivity contribution in [3.63, 3.8) is 0 Å². The van der Waals surface area contributed by atoms with Crippen molar-refractivity contribution in [1.82, 2.24) is 5.32 Å². The molecule has 12 nitrogen and oxygen atoms in total. The number of sulfonamides is 1. The number of nitrogens with zero attached hydrogens (tertiary/aromatic N) is 2. The Bertz CT molecular complexity index is 1600. The molecule has 1 saturated heterocycles. The summed E-state index contributed by atoms with van der Waals surface area (Å²) in [5.41, 5.74) is -0.0126. The number of sulfone groups is 1. The van der Waals surface area contributed by atoms with Gasteiger partial charge >= 0.3 is 6.09 Å². The van der Waals surface area contributed by atoms with Crippen LogP contribution in [0, 0.1) is 0 Å². The van der Waals surface area contributed by atoms with Gasteiger partial charge in [0.2, 0.25) is 15.9 Å². The maximum absolute atomic E-state index is 13.4. The van der Waals surface area contributed by atoms with Gasteiger partial charge in [-0.15, -0.1) is 0 Å². The zero-order valence-corrected chi connectivity index (χ0v) is 28.4. The van der Waals surface area contributed by atoms with E-state index < -0.39 is 49.4 Å². The number of rotatable bonds is 13. The van der Waals surface area contributed by atoms with Crippen LogP contribution in [0.1, 0.15) is 76.6 Å². The van der Waals surface area contributed by atoms with E-state index in [1.807, 2.05) is 0 Å². The number of hydrogen-bond donors (Lipinski definition) is 2. The standard InChI is InChI=1S/C31H44N4O8S2/c1-7-8-9-10-11-20-45(41,42)24-15-12-22(13-16-24)32-28(36)25-17-14-23(21-27(25)34(5)44(6,39)40)35-19-18-26(29(35)37)33-30(38)43-31(2,3)4/h12-17,21,26H,7-11,18-20H2,1-6H3,(H,32,36)(H,33,38)/t26-/m1/s1. The number of anilines is 3. The Morgan fingerprint density at radius 3 is 2.24 bits per heavy atom. The van der Waals surface area contributed by atoms with E-state index in [-0.39, 0.29) is 28.4 Å². The van der Waals surface area contributed by atoms with E-state index in [0.29, 0.717) is 24.2 Å². The summed E-state index contributed by atoms with van der Waals surface area (Å²) >= 11 is 0. The molecule has 0 saturated carbocycles. The molecule has 0 spiro atoms. The maximum Gasteiger partial charge on any atom is 0.408 e. The van der Waals surface area contributed by atoms with Crippen molar-refractivity contribution in [3.8, 4) is 0 Å². The molecule has 3 amide bonds. The van der Waals surface area contributed by atoms with Gasteiger partial charge in [0, 0.05) is 25.0 Å². The van der Waals surface area contributed by atoms with Gasteiger partial charge in [-0.25, -0.2) is 21.6 Å². The molecule has 0 unspecified atom stereocenters. The van der Waals surface area contributed by atoms with Gasteiger partial charge < -0.3 is 20.3 Å². The number of nitrogens with one attached hydrogen (secondary N) is 2. The zero-order valence-electron chi connectivity index (χ0n) is 26.8. The van der Waals surface area contributed by atoms with Crippen molar-refractivity contribution >= 4 is 54.8 Å². The lowest BCUT2D eigenvalue weighted by Gasteiger charge is -2.24. The van der Waals surface area contributed by atoms with Crippen LogP contribution in [-0.4, -0.2) is 72.0 Å². The van der Waals surface area contributed by atoms with Crippen LogP contribution >= 0.6 is 0 Å². The number of carbonyl (C=O) groups excluding carboxylic acids is 3. The van der Waals surface area contributed by atoms with Crippen molar-refractivity contribution in [2.75, 3.05) is 40.1 Å². The molecule has 3 rings (SSSR count). The highest BCUT2D eigenvalue weighted by Gasteiger charge is 2.35. The number of alkyl carbamates (subject to hydrolysis) is 1. The Morgan fingerprint density at radius 2 is 1.64 bits per heavy atom. The first-order valence-electron chi connectivity index (χ1n) is 15.0. The highest BCUT2D eigenvalue weighted by molar-refractivity contribution is 7.92. The van der Waals surface area contributed by atoms with Gasteiger partial charge in [-0.1, -0.05) is 32.6 Å². The highest BCUT2D eigenvalue weighted by atomic mass is 32.2. The fourth-order valence-electron chi connectivity index (χ4n) is 4.80. The molecule has 2 aromatic carbocycles. The lowest BCUT2D eigenvalue weighted by atomic mass is 10.1. The normalized spacial score (nSPS) is 15.6. The molecule has 1 fully saturated rings. The Morgan fingerprint density at radius 1 is 1.00 bits per heavy atom. The molecule has 14 heteroatoms. The quantitative estimate of drug-likeness (QED) is 0.291. The van der Waals surface area contributed by atoms with E-state index in [0.717, 1.165) is 36.2 Å². The van der Waals surface area contributed by atoms with Gasteiger partial charge in [-0.05, 0) is 76.1 Å². The van der Waals surface area contributed by atoms with E-state index in [1.165, 1.54) is 54.4 Å². The van der Waals surface area contributed by atoms with Gasteiger partial charge in [0.15, 0.2) is 9.84 Å². The minimum Gasteiger partial charge on any atom is -0.444 e. The van der Waals surface area contributed by atoms with E-state index >= 15 is 0 Å². The second-order valence-electron chi connectivity index (χ2n) is 12.1. The van der Waals surface area contributed by atoms with Crippen LogP contribution in [0.3, 0.4) is 0 Å². The molecule has 2 aromatic rings. The molecule has 0 radical (unpaired) electrons. The minimum absolute atomic E-state index is 0.0190. The second-order valence-corrected chi connectivity index (χ2v) is 16.2. The SMILES string of the molecule is CCCCCCCS(=O)(=O)c1ccc(NC(=O)c2ccc(N3CC[C@@H](NC(=O)OC(C)(C)C)C3=O)cc2N(C)S(C)(=O)=O)cc1. The van der Waals surface area contributed by atoms with Crippen molar-refractivity contribution in [3.05, 3.63) is 48.0 Å². The van der Waals surface area contributed by atoms with Crippen LogP contribution in [0.4, 0.5) is 21.9 Å². The summed E-state index contributed by atoms with van der Waals surface area (Å²) in [6, 6.07) is 9.38. The molecule has 2 N–H and O–H groups in total. The largest absolute Gasteiger partial charge is 0.444 e. The van der Waals surface area contributed by atoms with Crippen LogP contribution in [0.5, 0.6) is 0 Å². The summed E-state index contributed by atoms with van der Waals surface area (Å²) in [5.74, 6) is -0.981. The molecule has 0 aliphatic carbocycles. The number of amides is 3. The van der Waals surface area contributed by atoms with Crippen LogP contribution < -0.4 is 19.8 Å². The lowest BCUT2D eigenvalue weighted by molar-refractivity contribution is -0.118. The summed E-state index contributed by atoms with van der Waals surface area (Å²) < 4.78 is 56.6. The molecular formula is C31H44N4O8S2. The van der Waals surface area contributed by atoms with E-state index in [4.69, 9.17) is 4.74 Å². The first kappa shape index (κ1) is 35.8.